The highest BCUT2D eigenvalue weighted by Gasteiger charge is 2.28. The Morgan fingerprint density at radius 1 is 1.14 bits per heavy atom. The van der Waals surface area contributed by atoms with Gasteiger partial charge in [0.1, 0.15) is 0 Å². The lowest BCUT2D eigenvalue weighted by Crippen LogP contribution is -2.22. The quantitative estimate of drug-likeness (QED) is 0.802. The molecule has 21 heavy (non-hydrogen) atoms. The van der Waals surface area contributed by atoms with E-state index in [4.69, 9.17) is 0 Å². The number of hydrogen-bond donors (Lipinski definition) is 0. The highest BCUT2D eigenvalue weighted by molar-refractivity contribution is 6.10. The molecule has 106 valence electrons. The van der Waals surface area contributed by atoms with Crippen LogP contribution in [-0.2, 0) is 6.54 Å². The average Bonchev–Trinajstić information content (AvgIpc) is 2.84. The van der Waals surface area contributed by atoms with Crippen LogP contribution in [0.2, 0.25) is 0 Å². The molecule has 1 aliphatic heterocycles. The number of anilines is 1. The van der Waals surface area contributed by atoms with E-state index in [0.717, 1.165) is 22.4 Å². The van der Waals surface area contributed by atoms with Crippen LogP contribution in [0.15, 0.2) is 49.0 Å². The van der Waals surface area contributed by atoms with E-state index < -0.39 is 0 Å². The van der Waals surface area contributed by atoms with Gasteiger partial charge in [0.05, 0.1) is 6.54 Å². The number of nitrogens with zero attached hydrogens (tertiary/aromatic N) is 1. The van der Waals surface area contributed by atoms with Crippen LogP contribution in [0.4, 0.5) is 5.69 Å². The van der Waals surface area contributed by atoms with E-state index in [-0.39, 0.29) is 5.91 Å². The van der Waals surface area contributed by atoms with E-state index >= 15 is 0 Å². The highest BCUT2D eigenvalue weighted by Crippen LogP contribution is 2.30. The number of rotatable bonds is 3. The topological polar surface area (TPSA) is 20.3 Å². The molecule has 0 aromatic heterocycles. The second-order valence-electron chi connectivity index (χ2n) is 5.76. The van der Waals surface area contributed by atoms with E-state index in [0.29, 0.717) is 12.5 Å². The van der Waals surface area contributed by atoms with Gasteiger partial charge in [-0.3, -0.25) is 4.79 Å². The van der Waals surface area contributed by atoms with Crippen LogP contribution in [0.25, 0.3) is 6.08 Å². The summed E-state index contributed by atoms with van der Waals surface area (Å²) in [5.41, 5.74) is 5.11. The maximum absolute atomic E-state index is 12.6. The average molecular weight is 277 g/mol. The molecule has 0 aliphatic carbocycles. The third-order valence-electron chi connectivity index (χ3n) is 4.05. The molecule has 1 aliphatic rings. The Labute approximate surface area is 125 Å². The lowest BCUT2D eigenvalue weighted by molar-refractivity contribution is 0.0996. The molecule has 0 radical (unpaired) electrons. The standard InChI is InChI=1S/C19H19NO/c1-4-14-5-6-16-12-20(19(21)18(16)11-14)17-9-7-15(8-10-17)13(2)3/h4-11,13H,1,12H2,2-3H3. The van der Waals surface area contributed by atoms with Crippen molar-refractivity contribution >= 4 is 17.7 Å². The minimum atomic E-state index is 0.0750. The number of carbonyl (C=O) groups is 1. The van der Waals surface area contributed by atoms with Crippen molar-refractivity contribution in [1.29, 1.82) is 0 Å². The van der Waals surface area contributed by atoms with Gasteiger partial charge in [0.25, 0.3) is 5.91 Å². The maximum Gasteiger partial charge on any atom is 0.258 e. The van der Waals surface area contributed by atoms with Crippen molar-refractivity contribution in [2.24, 2.45) is 0 Å². The SMILES string of the molecule is C=Cc1ccc2c(c1)C(=O)N(c1ccc(C(C)C)cc1)C2. The minimum Gasteiger partial charge on any atom is -0.304 e. The van der Waals surface area contributed by atoms with Gasteiger partial charge in [0, 0.05) is 11.3 Å². The number of benzene rings is 2. The Morgan fingerprint density at radius 3 is 2.48 bits per heavy atom. The lowest BCUT2D eigenvalue weighted by Gasteiger charge is -2.16. The fraction of sp³-hybridized carbons (Fsp3) is 0.211. The van der Waals surface area contributed by atoms with Crippen molar-refractivity contribution in [3.8, 4) is 0 Å². The monoisotopic (exact) mass is 277 g/mol. The van der Waals surface area contributed by atoms with Gasteiger partial charge in [0.2, 0.25) is 0 Å². The third kappa shape index (κ3) is 2.38. The van der Waals surface area contributed by atoms with Crippen molar-refractivity contribution in [3.05, 3.63) is 71.3 Å². The smallest absolute Gasteiger partial charge is 0.258 e. The summed E-state index contributed by atoms with van der Waals surface area (Å²) in [5.74, 6) is 0.576. The predicted molar refractivity (Wildman–Crippen MR) is 87.6 cm³/mol. The second kappa shape index (κ2) is 5.21. The lowest BCUT2D eigenvalue weighted by atomic mass is 10.0. The predicted octanol–water partition coefficient (Wildman–Crippen LogP) is 4.61. The van der Waals surface area contributed by atoms with Crippen molar-refractivity contribution in [2.75, 3.05) is 4.90 Å². The summed E-state index contributed by atoms with van der Waals surface area (Å²) in [6.07, 6.45) is 1.77. The molecule has 0 saturated heterocycles. The van der Waals surface area contributed by atoms with Gasteiger partial charge in [0.15, 0.2) is 0 Å². The number of fused-ring (bicyclic) bond motifs is 1. The fourth-order valence-corrected chi connectivity index (χ4v) is 2.69. The van der Waals surface area contributed by atoms with Gasteiger partial charge in [-0.05, 0) is 40.8 Å². The van der Waals surface area contributed by atoms with Crippen LogP contribution in [0, 0.1) is 0 Å². The summed E-state index contributed by atoms with van der Waals surface area (Å²) in [6, 6.07) is 14.2. The summed E-state index contributed by atoms with van der Waals surface area (Å²) in [7, 11) is 0. The Kier molecular flexibility index (Phi) is 3.38. The molecule has 0 saturated carbocycles. The first-order chi connectivity index (χ1) is 10.1. The molecule has 0 fully saturated rings. The Bertz CT molecular complexity index is 698. The molecule has 0 spiro atoms. The first-order valence-electron chi connectivity index (χ1n) is 7.27. The zero-order chi connectivity index (χ0) is 15.0. The van der Waals surface area contributed by atoms with E-state index in [9.17, 15) is 4.79 Å². The highest BCUT2D eigenvalue weighted by atomic mass is 16.2. The Balaban J connectivity index is 1.92. The van der Waals surface area contributed by atoms with E-state index in [1.807, 2.05) is 35.2 Å². The van der Waals surface area contributed by atoms with E-state index in [1.165, 1.54) is 5.56 Å². The molecule has 0 bridgehead atoms. The first kappa shape index (κ1) is 13.6. The normalized spacial score (nSPS) is 13.7. The Morgan fingerprint density at radius 2 is 1.86 bits per heavy atom. The van der Waals surface area contributed by atoms with Crippen molar-refractivity contribution in [2.45, 2.75) is 26.3 Å². The van der Waals surface area contributed by atoms with Crippen molar-refractivity contribution in [3.63, 3.8) is 0 Å². The van der Waals surface area contributed by atoms with Crippen LogP contribution in [0.1, 0.15) is 46.8 Å². The van der Waals surface area contributed by atoms with Gasteiger partial charge < -0.3 is 4.90 Å². The molecule has 2 nitrogen and oxygen atoms in total. The fourth-order valence-electron chi connectivity index (χ4n) is 2.69. The molecule has 0 N–H and O–H groups in total. The molecule has 1 amide bonds. The second-order valence-corrected chi connectivity index (χ2v) is 5.76. The first-order valence-corrected chi connectivity index (χ1v) is 7.27. The summed E-state index contributed by atoms with van der Waals surface area (Å²) < 4.78 is 0. The summed E-state index contributed by atoms with van der Waals surface area (Å²) in [5, 5.41) is 0. The molecule has 0 atom stereocenters. The minimum absolute atomic E-state index is 0.0750. The van der Waals surface area contributed by atoms with E-state index in [2.05, 4.69) is 32.6 Å². The maximum atomic E-state index is 12.6. The van der Waals surface area contributed by atoms with Crippen LogP contribution in [-0.4, -0.2) is 5.91 Å². The molecule has 2 heteroatoms. The van der Waals surface area contributed by atoms with Gasteiger partial charge in [-0.2, -0.15) is 0 Å². The molecular weight excluding hydrogens is 258 g/mol. The molecular formula is C19H19NO. The van der Waals surface area contributed by atoms with Gasteiger partial charge >= 0.3 is 0 Å². The van der Waals surface area contributed by atoms with Crippen molar-refractivity contribution < 1.29 is 4.79 Å². The van der Waals surface area contributed by atoms with Crippen LogP contribution < -0.4 is 4.90 Å². The van der Waals surface area contributed by atoms with E-state index in [1.54, 1.807) is 6.08 Å². The summed E-state index contributed by atoms with van der Waals surface area (Å²) in [6.45, 7) is 8.74. The number of amides is 1. The molecule has 3 rings (SSSR count). The summed E-state index contributed by atoms with van der Waals surface area (Å²) in [4.78, 5) is 14.4. The van der Waals surface area contributed by atoms with Crippen LogP contribution >= 0.6 is 0 Å². The zero-order valence-corrected chi connectivity index (χ0v) is 12.5. The van der Waals surface area contributed by atoms with Crippen molar-refractivity contribution in [1.82, 2.24) is 0 Å². The van der Waals surface area contributed by atoms with Crippen LogP contribution in [0.3, 0.4) is 0 Å². The van der Waals surface area contributed by atoms with Gasteiger partial charge in [-0.15, -0.1) is 0 Å². The molecule has 2 aromatic rings. The molecule has 2 aromatic carbocycles. The number of hydrogen-bond acceptors (Lipinski definition) is 1. The Hall–Kier alpha value is -2.35. The van der Waals surface area contributed by atoms with Gasteiger partial charge in [-0.25, -0.2) is 0 Å². The van der Waals surface area contributed by atoms with Gasteiger partial charge in [-0.1, -0.05) is 50.8 Å². The molecule has 0 unspecified atom stereocenters. The zero-order valence-electron chi connectivity index (χ0n) is 12.5. The van der Waals surface area contributed by atoms with Crippen LogP contribution in [0.5, 0.6) is 0 Å². The number of carbonyl (C=O) groups excluding carboxylic acids is 1. The largest absolute Gasteiger partial charge is 0.304 e. The molecule has 1 heterocycles. The summed E-state index contributed by atoms with van der Waals surface area (Å²) >= 11 is 0. The third-order valence-corrected chi connectivity index (χ3v) is 4.05.